The van der Waals surface area contributed by atoms with Crippen LogP contribution in [0.4, 0.5) is 0 Å². The molecular formula is C17H27O2. The van der Waals surface area contributed by atoms with Crippen LogP contribution in [-0.4, -0.2) is 14.2 Å². The molecule has 0 bridgehead atoms. The second-order valence-electron chi connectivity index (χ2n) is 5.70. The van der Waals surface area contributed by atoms with E-state index in [1.807, 2.05) is 0 Å². The highest BCUT2D eigenvalue weighted by Crippen LogP contribution is 2.34. The molecular weight excluding hydrogens is 236 g/mol. The maximum atomic E-state index is 5.30. The summed E-state index contributed by atoms with van der Waals surface area (Å²) in [6.45, 7) is 6.81. The van der Waals surface area contributed by atoms with Crippen molar-refractivity contribution in [1.82, 2.24) is 0 Å². The lowest BCUT2D eigenvalue weighted by atomic mass is 9.80. The Morgan fingerprint density at radius 3 is 2.05 bits per heavy atom. The van der Waals surface area contributed by atoms with Gasteiger partial charge in [-0.15, -0.1) is 0 Å². The van der Waals surface area contributed by atoms with E-state index in [0.717, 1.165) is 11.5 Å². The number of hydrogen-bond donors (Lipinski definition) is 0. The highest BCUT2D eigenvalue weighted by molar-refractivity contribution is 5.40. The van der Waals surface area contributed by atoms with Crippen molar-refractivity contribution >= 4 is 0 Å². The van der Waals surface area contributed by atoms with E-state index in [2.05, 4.69) is 39.0 Å². The molecule has 0 atom stereocenters. The zero-order valence-corrected chi connectivity index (χ0v) is 13.0. The van der Waals surface area contributed by atoms with Crippen LogP contribution in [0.5, 0.6) is 11.5 Å². The highest BCUT2D eigenvalue weighted by atomic mass is 16.5. The van der Waals surface area contributed by atoms with Crippen LogP contribution in [0.3, 0.4) is 0 Å². The molecule has 1 radical (unpaired) electrons. The van der Waals surface area contributed by atoms with Gasteiger partial charge in [0.15, 0.2) is 0 Å². The third kappa shape index (κ3) is 4.77. The van der Waals surface area contributed by atoms with Crippen molar-refractivity contribution in [2.75, 3.05) is 14.2 Å². The molecule has 0 saturated carbocycles. The first kappa shape index (κ1) is 15.9. The smallest absolute Gasteiger partial charge is 0.131 e. The summed E-state index contributed by atoms with van der Waals surface area (Å²) < 4.78 is 10.6. The Bertz CT molecular complexity index is 361. The van der Waals surface area contributed by atoms with Crippen molar-refractivity contribution in [2.45, 2.75) is 58.3 Å². The molecule has 0 heterocycles. The van der Waals surface area contributed by atoms with Crippen LogP contribution in [0, 0.1) is 6.07 Å². The lowest BCUT2D eigenvalue weighted by Gasteiger charge is -2.26. The molecule has 0 saturated heterocycles. The summed E-state index contributed by atoms with van der Waals surface area (Å²) in [5.41, 5.74) is 1.40. The van der Waals surface area contributed by atoms with E-state index >= 15 is 0 Å². The van der Waals surface area contributed by atoms with Crippen molar-refractivity contribution < 1.29 is 9.47 Å². The molecule has 0 aliphatic rings. The van der Waals surface area contributed by atoms with E-state index in [9.17, 15) is 0 Å². The summed E-state index contributed by atoms with van der Waals surface area (Å²) in [5, 5.41) is 0. The normalized spacial score (nSPS) is 11.4. The van der Waals surface area contributed by atoms with E-state index in [1.165, 1.54) is 37.7 Å². The molecule has 2 heteroatoms. The van der Waals surface area contributed by atoms with E-state index in [0.29, 0.717) is 0 Å². The number of rotatable bonds is 8. The first-order chi connectivity index (χ1) is 9.03. The maximum Gasteiger partial charge on any atom is 0.131 e. The van der Waals surface area contributed by atoms with Gasteiger partial charge in [-0.1, -0.05) is 46.5 Å². The summed E-state index contributed by atoms with van der Waals surface area (Å²) in [5.74, 6) is 1.49. The number of benzene rings is 1. The molecule has 0 aromatic heterocycles. The van der Waals surface area contributed by atoms with Gasteiger partial charge in [0, 0.05) is 0 Å². The Morgan fingerprint density at radius 2 is 1.58 bits per heavy atom. The molecule has 107 valence electrons. The minimum absolute atomic E-state index is 0.142. The molecule has 0 spiro atoms. The molecule has 19 heavy (non-hydrogen) atoms. The predicted octanol–water partition coefficient (Wildman–Crippen LogP) is 4.75. The fourth-order valence-electron chi connectivity index (χ4n) is 2.27. The summed E-state index contributed by atoms with van der Waals surface area (Å²) in [7, 11) is 3.34. The largest absolute Gasteiger partial charge is 0.496 e. The van der Waals surface area contributed by atoms with Crippen molar-refractivity contribution in [1.29, 1.82) is 0 Å². The van der Waals surface area contributed by atoms with Gasteiger partial charge in [-0.25, -0.2) is 0 Å². The second-order valence-corrected chi connectivity index (χ2v) is 5.70. The van der Waals surface area contributed by atoms with Crippen LogP contribution < -0.4 is 9.47 Å². The average molecular weight is 263 g/mol. The van der Waals surface area contributed by atoms with Crippen LogP contribution in [0.25, 0.3) is 0 Å². The predicted molar refractivity (Wildman–Crippen MR) is 80.2 cm³/mol. The molecule has 0 unspecified atom stereocenters. The minimum Gasteiger partial charge on any atom is -0.496 e. The number of ether oxygens (including phenoxy) is 2. The van der Waals surface area contributed by atoms with Crippen LogP contribution in [0.1, 0.15) is 58.4 Å². The average Bonchev–Trinajstić information content (AvgIpc) is 2.43. The van der Waals surface area contributed by atoms with Crippen LogP contribution >= 0.6 is 0 Å². The topological polar surface area (TPSA) is 18.5 Å². The zero-order chi connectivity index (χ0) is 14.3. The quantitative estimate of drug-likeness (QED) is 0.630. The Balaban J connectivity index is 2.80. The first-order valence-corrected chi connectivity index (χ1v) is 7.19. The standard InChI is InChI=1S/C17H27O2/c1-6-7-8-9-10-17(2,3)14-11-15(18-4)13-16(12-14)19-5/h11-12H,6-10H2,1-5H3. The van der Waals surface area contributed by atoms with Crippen molar-refractivity contribution in [3.05, 3.63) is 23.8 Å². The van der Waals surface area contributed by atoms with Gasteiger partial charge in [-0.2, -0.15) is 0 Å². The molecule has 0 aliphatic heterocycles. The Labute approximate surface area is 118 Å². The van der Waals surface area contributed by atoms with E-state index in [4.69, 9.17) is 9.47 Å². The molecule has 0 fully saturated rings. The number of methoxy groups -OCH3 is 2. The van der Waals surface area contributed by atoms with Crippen LogP contribution in [0.15, 0.2) is 12.1 Å². The van der Waals surface area contributed by atoms with Gasteiger partial charge in [-0.05, 0) is 29.5 Å². The Morgan fingerprint density at radius 1 is 1.00 bits per heavy atom. The number of unbranched alkanes of at least 4 members (excludes halogenated alkanes) is 3. The van der Waals surface area contributed by atoms with Crippen LogP contribution in [-0.2, 0) is 5.41 Å². The zero-order valence-electron chi connectivity index (χ0n) is 13.0. The second kappa shape index (κ2) is 7.42. The highest BCUT2D eigenvalue weighted by Gasteiger charge is 2.21. The molecule has 0 aliphatic carbocycles. The van der Waals surface area contributed by atoms with Gasteiger partial charge < -0.3 is 9.47 Å². The van der Waals surface area contributed by atoms with Crippen molar-refractivity contribution in [2.24, 2.45) is 0 Å². The summed E-state index contributed by atoms with van der Waals surface area (Å²) in [6, 6.07) is 7.23. The molecule has 1 rings (SSSR count). The monoisotopic (exact) mass is 263 g/mol. The molecule has 1 aromatic rings. The van der Waals surface area contributed by atoms with Crippen molar-refractivity contribution in [3.8, 4) is 11.5 Å². The SMILES string of the molecule is CCCCCCC(C)(C)c1cc(OC)[c]c(OC)c1. The maximum absolute atomic E-state index is 5.30. The van der Waals surface area contributed by atoms with Gasteiger partial charge in [-0.3, -0.25) is 0 Å². The van der Waals surface area contributed by atoms with Gasteiger partial charge in [0.1, 0.15) is 11.5 Å². The van der Waals surface area contributed by atoms with Gasteiger partial charge in [0.05, 0.1) is 20.3 Å². The molecule has 0 N–H and O–H groups in total. The first-order valence-electron chi connectivity index (χ1n) is 7.19. The van der Waals surface area contributed by atoms with Crippen molar-refractivity contribution in [3.63, 3.8) is 0 Å². The van der Waals surface area contributed by atoms with E-state index in [-0.39, 0.29) is 5.41 Å². The Hall–Kier alpha value is -1.18. The third-order valence-corrected chi connectivity index (χ3v) is 3.70. The fourth-order valence-corrected chi connectivity index (χ4v) is 2.27. The molecule has 0 amide bonds. The summed E-state index contributed by atoms with van der Waals surface area (Å²) >= 11 is 0. The summed E-state index contributed by atoms with van der Waals surface area (Å²) in [4.78, 5) is 0. The third-order valence-electron chi connectivity index (χ3n) is 3.70. The summed E-state index contributed by atoms with van der Waals surface area (Å²) in [6.07, 6.45) is 6.37. The van der Waals surface area contributed by atoms with Crippen LogP contribution in [0.2, 0.25) is 0 Å². The Kier molecular flexibility index (Phi) is 6.20. The minimum atomic E-state index is 0.142. The van der Waals surface area contributed by atoms with Gasteiger partial charge in [0.2, 0.25) is 0 Å². The van der Waals surface area contributed by atoms with E-state index in [1.54, 1.807) is 14.2 Å². The molecule has 1 aromatic carbocycles. The van der Waals surface area contributed by atoms with E-state index < -0.39 is 0 Å². The lowest BCUT2D eigenvalue weighted by Crippen LogP contribution is -2.17. The number of hydrogen-bond acceptors (Lipinski definition) is 2. The lowest BCUT2D eigenvalue weighted by molar-refractivity contribution is 0.384. The fraction of sp³-hybridized carbons (Fsp3) is 0.647. The van der Waals surface area contributed by atoms with Gasteiger partial charge >= 0.3 is 0 Å². The van der Waals surface area contributed by atoms with Gasteiger partial charge in [0.25, 0.3) is 0 Å². The molecule has 2 nitrogen and oxygen atoms in total.